The van der Waals surface area contributed by atoms with E-state index in [-0.39, 0.29) is 5.91 Å². The van der Waals surface area contributed by atoms with Crippen LogP contribution in [0.5, 0.6) is 0 Å². The van der Waals surface area contributed by atoms with Crippen LogP contribution in [0.25, 0.3) is 0 Å². The van der Waals surface area contributed by atoms with E-state index in [0.29, 0.717) is 36.0 Å². The van der Waals surface area contributed by atoms with Gasteiger partial charge in [-0.15, -0.1) is 23.1 Å². The number of hydrogen-bond donors (Lipinski definition) is 3. The number of rotatable bonds is 7. The van der Waals surface area contributed by atoms with E-state index in [2.05, 4.69) is 20.8 Å². The first-order valence-electron chi connectivity index (χ1n) is 6.41. The van der Waals surface area contributed by atoms with Crippen molar-refractivity contribution in [3.05, 3.63) is 17.1 Å². The minimum atomic E-state index is -0.139. The Hall–Kier alpha value is -1.74. The molecule has 1 amide bonds. The summed E-state index contributed by atoms with van der Waals surface area (Å²) in [4.78, 5) is 17.4. The quantitative estimate of drug-likeness (QED) is 0.666. The van der Waals surface area contributed by atoms with Gasteiger partial charge in [-0.3, -0.25) is 4.79 Å². The van der Waals surface area contributed by atoms with Crippen LogP contribution in [0, 0.1) is 0 Å². The molecule has 21 heavy (non-hydrogen) atoms. The summed E-state index contributed by atoms with van der Waals surface area (Å²) in [6, 6.07) is 0. The van der Waals surface area contributed by atoms with Gasteiger partial charge < -0.3 is 20.9 Å². The molecule has 9 heteroatoms. The van der Waals surface area contributed by atoms with Crippen molar-refractivity contribution in [2.75, 3.05) is 30.4 Å². The number of nitrogens with one attached hydrogen (secondary N) is 2. The van der Waals surface area contributed by atoms with E-state index in [0.717, 1.165) is 9.90 Å². The molecule has 0 saturated carbocycles. The summed E-state index contributed by atoms with van der Waals surface area (Å²) in [7, 11) is 0. The maximum Gasteiger partial charge on any atom is 0.263 e. The summed E-state index contributed by atoms with van der Waals surface area (Å²) in [5.74, 6) is 0.432. The molecule has 2 aromatic rings. The summed E-state index contributed by atoms with van der Waals surface area (Å²) in [5, 5.41) is 10.5. The molecule has 0 spiro atoms. The second kappa shape index (κ2) is 7.32. The van der Waals surface area contributed by atoms with Crippen molar-refractivity contribution < 1.29 is 9.32 Å². The summed E-state index contributed by atoms with van der Waals surface area (Å²) >= 11 is 2.88. The van der Waals surface area contributed by atoms with Gasteiger partial charge in [-0.1, -0.05) is 5.16 Å². The standard InChI is InChI=1S/C12H17N5O2S2/c1-3-14-11(18)9-8(13)10(20-2)12(21-9)15-5-4-7-16-6-17-19-7/h6,15H,3-5,13H2,1-2H3,(H,14,18). The maximum absolute atomic E-state index is 12.0. The van der Waals surface area contributed by atoms with E-state index in [1.807, 2.05) is 13.2 Å². The van der Waals surface area contributed by atoms with Crippen LogP contribution in [0.15, 0.2) is 15.7 Å². The van der Waals surface area contributed by atoms with Gasteiger partial charge in [0.15, 0.2) is 6.33 Å². The second-order valence-corrected chi connectivity index (χ2v) is 5.92. The summed E-state index contributed by atoms with van der Waals surface area (Å²) in [6.07, 6.45) is 3.92. The molecule has 7 nitrogen and oxygen atoms in total. The Balaban J connectivity index is 2.07. The number of hydrogen-bond acceptors (Lipinski definition) is 8. The number of nitrogen functional groups attached to an aromatic ring is 1. The van der Waals surface area contributed by atoms with Crippen molar-refractivity contribution in [1.29, 1.82) is 0 Å². The molecule has 0 saturated heterocycles. The van der Waals surface area contributed by atoms with Crippen LogP contribution >= 0.6 is 23.1 Å². The molecule has 0 aliphatic carbocycles. The van der Waals surface area contributed by atoms with Gasteiger partial charge in [0, 0.05) is 19.5 Å². The molecular weight excluding hydrogens is 310 g/mol. The fraction of sp³-hybridized carbons (Fsp3) is 0.417. The van der Waals surface area contributed by atoms with Crippen molar-refractivity contribution in [3.63, 3.8) is 0 Å². The summed E-state index contributed by atoms with van der Waals surface area (Å²) < 4.78 is 4.94. The molecule has 114 valence electrons. The second-order valence-electron chi connectivity index (χ2n) is 4.08. The lowest BCUT2D eigenvalue weighted by atomic mass is 10.3. The third kappa shape index (κ3) is 3.67. The van der Waals surface area contributed by atoms with Crippen LogP contribution in [0.4, 0.5) is 10.7 Å². The van der Waals surface area contributed by atoms with E-state index < -0.39 is 0 Å². The molecular formula is C12H17N5O2S2. The van der Waals surface area contributed by atoms with Gasteiger partial charge in [0.05, 0.1) is 10.6 Å². The van der Waals surface area contributed by atoms with Gasteiger partial charge in [0.1, 0.15) is 9.88 Å². The lowest BCUT2D eigenvalue weighted by Gasteiger charge is -2.04. The molecule has 2 rings (SSSR count). The zero-order valence-electron chi connectivity index (χ0n) is 11.8. The molecule has 0 fully saturated rings. The predicted molar refractivity (Wildman–Crippen MR) is 85.0 cm³/mol. The number of aromatic nitrogens is 2. The third-order valence-electron chi connectivity index (χ3n) is 2.68. The van der Waals surface area contributed by atoms with Crippen molar-refractivity contribution in [1.82, 2.24) is 15.5 Å². The fourth-order valence-corrected chi connectivity index (χ4v) is 3.72. The monoisotopic (exact) mass is 327 g/mol. The number of carbonyl (C=O) groups is 1. The van der Waals surface area contributed by atoms with Gasteiger partial charge in [-0.05, 0) is 13.2 Å². The number of anilines is 2. The molecule has 0 aliphatic rings. The first-order valence-corrected chi connectivity index (χ1v) is 8.45. The molecule has 2 heterocycles. The highest BCUT2D eigenvalue weighted by molar-refractivity contribution is 7.99. The van der Waals surface area contributed by atoms with E-state index in [1.165, 1.54) is 29.4 Å². The van der Waals surface area contributed by atoms with Crippen LogP contribution in [0.3, 0.4) is 0 Å². The normalized spacial score (nSPS) is 10.6. The lowest BCUT2D eigenvalue weighted by molar-refractivity contribution is 0.0960. The van der Waals surface area contributed by atoms with Crippen molar-refractivity contribution in [2.45, 2.75) is 18.2 Å². The smallest absolute Gasteiger partial charge is 0.263 e. The zero-order valence-corrected chi connectivity index (χ0v) is 13.4. The number of thiophene rings is 1. The Morgan fingerprint density at radius 1 is 1.57 bits per heavy atom. The Morgan fingerprint density at radius 3 is 3.00 bits per heavy atom. The molecule has 0 aliphatic heterocycles. The summed E-state index contributed by atoms with van der Waals surface area (Å²) in [5.41, 5.74) is 6.59. The molecule has 0 aromatic carbocycles. The average Bonchev–Trinajstić information content (AvgIpc) is 3.07. The van der Waals surface area contributed by atoms with Crippen molar-refractivity contribution in [2.24, 2.45) is 0 Å². The van der Waals surface area contributed by atoms with Crippen LogP contribution in [-0.4, -0.2) is 35.4 Å². The number of thioether (sulfide) groups is 1. The van der Waals surface area contributed by atoms with Gasteiger partial charge >= 0.3 is 0 Å². The van der Waals surface area contributed by atoms with Gasteiger partial charge in [0.2, 0.25) is 5.89 Å². The molecule has 0 unspecified atom stereocenters. The fourth-order valence-electron chi connectivity index (χ4n) is 1.75. The van der Waals surface area contributed by atoms with E-state index in [4.69, 9.17) is 10.3 Å². The molecule has 0 bridgehead atoms. The maximum atomic E-state index is 12.0. The number of nitrogens with zero attached hydrogens (tertiary/aromatic N) is 2. The van der Waals surface area contributed by atoms with Crippen LogP contribution in [0.2, 0.25) is 0 Å². The third-order valence-corrected chi connectivity index (χ3v) is 4.80. The van der Waals surface area contributed by atoms with E-state index in [9.17, 15) is 4.79 Å². The van der Waals surface area contributed by atoms with E-state index in [1.54, 1.807) is 0 Å². The topological polar surface area (TPSA) is 106 Å². The SMILES string of the molecule is CCNC(=O)c1sc(NCCc2ncno2)c(SC)c1N. The molecule has 4 N–H and O–H groups in total. The number of carbonyl (C=O) groups excluding carboxylic acids is 1. The van der Waals surface area contributed by atoms with Gasteiger partial charge in [-0.2, -0.15) is 4.98 Å². The highest BCUT2D eigenvalue weighted by atomic mass is 32.2. The Labute approximate surface area is 130 Å². The minimum Gasteiger partial charge on any atom is -0.396 e. The Kier molecular flexibility index (Phi) is 5.45. The Bertz CT molecular complexity index is 597. The molecule has 0 radical (unpaired) electrons. The average molecular weight is 327 g/mol. The van der Waals surface area contributed by atoms with Crippen LogP contribution < -0.4 is 16.4 Å². The predicted octanol–water partition coefficient (Wildman–Crippen LogP) is 1.84. The molecule has 2 aromatic heterocycles. The largest absolute Gasteiger partial charge is 0.396 e. The van der Waals surface area contributed by atoms with Crippen LogP contribution in [-0.2, 0) is 6.42 Å². The zero-order chi connectivity index (χ0) is 15.2. The van der Waals surface area contributed by atoms with Crippen LogP contribution in [0.1, 0.15) is 22.5 Å². The minimum absolute atomic E-state index is 0.139. The van der Waals surface area contributed by atoms with E-state index >= 15 is 0 Å². The number of nitrogens with two attached hydrogens (primary N) is 1. The van der Waals surface area contributed by atoms with Crippen molar-refractivity contribution in [3.8, 4) is 0 Å². The highest BCUT2D eigenvalue weighted by Gasteiger charge is 2.20. The number of amides is 1. The Morgan fingerprint density at radius 2 is 2.38 bits per heavy atom. The van der Waals surface area contributed by atoms with Crippen molar-refractivity contribution >= 4 is 39.7 Å². The molecule has 0 atom stereocenters. The highest BCUT2D eigenvalue weighted by Crippen LogP contribution is 2.41. The first kappa shape index (κ1) is 15.6. The van der Waals surface area contributed by atoms with Gasteiger partial charge in [-0.25, -0.2) is 0 Å². The summed E-state index contributed by atoms with van der Waals surface area (Å²) in [6.45, 7) is 3.08. The van der Waals surface area contributed by atoms with Gasteiger partial charge in [0.25, 0.3) is 5.91 Å². The lowest BCUT2D eigenvalue weighted by Crippen LogP contribution is -2.22. The first-order chi connectivity index (χ1) is 10.2.